The molecular weight excluding hydrogens is 448 g/mol. The second-order valence-electron chi connectivity index (χ2n) is 11.0. The first-order chi connectivity index (χ1) is 17.4. The van der Waals surface area contributed by atoms with E-state index in [1.165, 1.54) is 24.1 Å². The van der Waals surface area contributed by atoms with Crippen molar-refractivity contribution in [3.63, 3.8) is 0 Å². The topological polar surface area (TPSA) is 69.5 Å². The molecule has 6 rings (SSSR count). The number of nitrogens with zero attached hydrogens (tertiary/aromatic N) is 4. The smallest absolute Gasteiger partial charge is 0.194 e. The largest absolute Gasteiger partial charge is 0.379 e. The van der Waals surface area contributed by atoms with E-state index in [2.05, 4.69) is 53.8 Å². The Labute approximate surface area is 213 Å². The molecule has 2 fully saturated rings. The summed E-state index contributed by atoms with van der Waals surface area (Å²) in [5.41, 5.74) is 8.34. The average Bonchev–Trinajstić information content (AvgIpc) is 3.32. The maximum absolute atomic E-state index is 13.9. The van der Waals surface area contributed by atoms with Crippen LogP contribution in [0.4, 0.5) is 5.69 Å². The summed E-state index contributed by atoms with van der Waals surface area (Å²) in [5, 5.41) is 9.32. The fourth-order valence-corrected chi connectivity index (χ4v) is 6.76. The number of carbonyl (C=O) groups is 1. The monoisotopic (exact) mass is 482 g/mol. The molecule has 2 aliphatic carbocycles. The van der Waals surface area contributed by atoms with Crippen molar-refractivity contribution in [1.82, 2.24) is 9.88 Å². The van der Waals surface area contributed by atoms with Crippen LogP contribution in [-0.4, -0.2) is 61.1 Å². The predicted octanol–water partition coefficient (Wildman–Crippen LogP) is 4.30. The van der Waals surface area contributed by atoms with Gasteiger partial charge in [0.05, 0.1) is 18.9 Å². The van der Waals surface area contributed by atoms with Crippen LogP contribution in [0.15, 0.2) is 29.8 Å². The molecule has 186 valence electrons. The number of ketones is 1. The number of rotatable bonds is 3. The summed E-state index contributed by atoms with van der Waals surface area (Å²) in [6, 6.07) is 10.9. The van der Waals surface area contributed by atoms with Crippen LogP contribution in [0.5, 0.6) is 0 Å². The minimum absolute atomic E-state index is 0.108. The first-order valence-electron chi connectivity index (χ1n) is 13.3. The van der Waals surface area contributed by atoms with E-state index in [9.17, 15) is 10.1 Å². The van der Waals surface area contributed by atoms with Gasteiger partial charge in [0.15, 0.2) is 5.78 Å². The molecule has 4 aliphatic rings. The van der Waals surface area contributed by atoms with Gasteiger partial charge < -0.3 is 9.64 Å². The average molecular weight is 483 g/mol. The van der Waals surface area contributed by atoms with Crippen molar-refractivity contribution in [3.05, 3.63) is 63.5 Å². The quantitative estimate of drug-likeness (QED) is 0.650. The molecule has 0 N–H and O–H groups in total. The maximum atomic E-state index is 13.9. The van der Waals surface area contributed by atoms with Gasteiger partial charge in [-0.1, -0.05) is 20.8 Å². The van der Waals surface area contributed by atoms with Gasteiger partial charge >= 0.3 is 0 Å². The van der Waals surface area contributed by atoms with E-state index < -0.39 is 0 Å². The summed E-state index contributed by atoms with van der Waals surface area (Å²) in [7, 11) is 0. The van der Waals surface area contributed by atoms with Crippen LogP contribution in [0.25, 0.3) is 5.57 Å². The SMILES string of the molecule is CCc1cc2c(cc1N1CCC(N3CCOCC3)CC1)C(C)(C)C1=C(C2=O)c2ccc(C#N)nc2C1. The standard InChI is InChI=1S/C30H34N4O2/c1-4-19-15-23-24(17-27(19)34-9-7-21(8-10-34)33-11-13-36-14-12-33)30(2,3)25-16-26-22(28(25)29(23)35)6-5-20(18-31)32-26/h5-6,15,17,21H,4,7-14,16H2,1-3H3. The van der Waals surface area contributed by atoms with Crippen molar-refractivity contribution in [1.29, 1.82) is 5.26 Å². The lowest BCUT2D eigenvalue weighted by atomic mass is 9.68. The molecule has 6 nitrogen and oxygen atoms in total. The van der Waals surface area contributed by atoms with E-state index in [4.69, 9.17) is 4.74 Å². The van der Waals surface area contributed by atoms with Crippen molar-refractivity contribution in [2.45, 2.75) is 57.9 Å². The molecule has 2 aromatic rings. The lowest BCUT2D eigenvalue weighted by molar-refractivity contribution is 0.0115. The van der Waals surface area contributed by atoms with Crippen LogP contribution < -0.4 is 4.90 Å². The number of nitriles is 1. The third-order valence-corrected chi connectivity index (χ3v) is 8.87. The molecule has 0 saturated carbocycles. The van der Waals surface area contributed by atoms with Gasteiger partial charge in [0.2, 0.25) is 0 Å². The van der Waals surface area contributed by atoms with Gasteiger partial charge in [0.1, 0.15) is 11.8 Å². The molecular formula is C30H34N4O2. The van der Waals surface area contributed by atoms with Gasteiger partial charge in [-0.2, -0.15) is 5.26 Å². The summed E-state index contributed by atoms with van der Waals surface area (Å²) < 4.78 is 5.55. The number of carbonyl (C=O) groups excluding carboxylic acids is 1. The van der Waals surface area contributed by atoms with Crippen molar-refractivity contribution in [3.8, 4) is 6.07 Å². The summed E-state index contributed by atoms with van der Waals surface area (Å²) in [5.74, 6) is 0.108. The molecule has 3 heterocycles. The molecule has 6 heteroatoms. The highest BCUT2D eigenvalue weighted by atomic mass is 16.5. The number of Topliss-reactive ketones (excluding diaryl/α,β-unsaturated/α-hetero) is 1. The van der Waals surface area contributed by atoms with Crippen LogP contribution in [0, 0.1) is 11.3 Å². The Morgan fingerprint density at radius 3 is 2.56 bits per heavy atom. The highest BCUT2D eigenvalue weighted by Crippen LogP contribution is 2.50. The Hall–Kier alpha value is -3.01. The van der Waals surface area contributed by atoms with E-state index in [-0.39, 0.29) is 11.2 Å². The molecule has 2 aliphatic heterocycles. The summed E-state index contributed by atoms with van der Waals surface area (Å²) in [6.07, 6.45) is 3.86. The number of hydrogen-bond acceptors (Lipinski definition) is 6. The van der Waals surface area contributed by atoms with Crippen molar-refractivity contribution < 1.29 is 9.53 Å². The zero-order valence-corrected chi connectivity index (χ0v) is 21.6. The number of anilines is 1. The first kappa shape index (κ1) is 23.4. The Kier molecular flexibility index (Phi) is 5.74. The van der Waals surface area contributed by atoms with Gasteiger partial charge in [0.25, 0.3) is 0 Å². The van der Waals surface area contributed by atoms with Crippen LogP contribution >= 0.6 is 0 Å². The van der Waals surface area contributed by atoms with E-state index in [1.807, 2.05) is 6.07 Å². The molecule has 36 heavy (non-hydrogen) atoms. The Bertz CT molecular complexity index is 1300. The molecule has 1 aromatic heterocycles. The van der Waals surface area contributed by atoms with Gasteiger partial charge in [0, 0.05) is 66.4 Å². The number of allylic oxidation sites excluding steroid dienone is 2. The van der Waals surface area contributed by atoms with Crippen LogP contribution in [0.1, 0.15) is 72.0 Å². The van der Waals surface area contributed by atoms with Gasteiger partial charge in [-0.15, -0.1) is 0 Å². The predicted molar refractivity (Wildman–Crippen MR) is 140 cm³/mol. The lowest BCUT2D eigenvalue weighted by Crippen LogP contribution is -2.49. The number of piperidine rings is 1. The second kappa shape index (κ2) is 8.83. The van der Waals surface area contributed by atoms with Gasteiger partial charge in [-0.3, -0.25) is 9.69 Å². The van der Waals surface area contributed by atoms with Crippen LogP contribution in [-0.2, 0) is 23.0 Å². The molecule has 0 atom stereocenters. The molecule has 0 bridgehead atoms. The minimum atomic E-state index is -0.279. The highest BCUT2D eigenvalue weighted by molar-refractivity contribution is 6.33. The van der Waals surface area contributed by atoms with Crippen molar-refractivity contribution >= 4 is 17.0 Å². The van der Waals surface area contributed by atoms with Gasteiger partial charge in [-0.05, 0) is 60.2 Å². The number of pyridine rings is 1. The zero-order valence-electron chi connectivity index (χ0n) is 21.6. The third-order valence-electron chi connectivity index (χ3n) is 8.87. The molecule has 2 saturated heterocycles. The number of hydrogen-bond donors (Lipinski definition) is 0. The lowest BCUT2D eigenvalue weighted by Gasteiger charge is -2.42. The fraction of sp³-hybridized carbons (Fsp3) is 0.500. The summed E-state index contributed by atoms with van der Waals surface area (Å²) in [6.45, 7) is 12.6. The van der Waals surface area contributed by atoms with Crippen LogP contribution in [0.3, 0.4) is 0 Å². The molecule has 0 radical (unpaired) electrons. The number of aromatic nitrogens is 1. The highest BCUT2D eigenvalue weighted by Gasteiger charge is 2.44. The van der Waals surface area contributed by atoms with E-state index >= 15 is 0 Å². The summed E-state index contributed by atoms with van der Waals surface area (Å²) in [4.78, 5) is 23.6. The normalized spacial score (nSPS) is 21.7. The number of benzene rings is 1. The number of aryl methyl sites for hydroxylation is 1. The first-order valence-corrected chi connectivity index (χ1v) is 13.3. The molecule has 0 spiro atoms. The minimum Gasteiger partial charge on any atom is -0.379 e. The Morgan fingerprint density at radius 2 is 1.86 bits per heavy atom. The van der Waals surface area contributed by atoms with E-state index in [1.54, 1.807) is 6.07 Å². The van der Waals surface area contributed by atoms with Crippen molar-refractivity contribution in [2.75, 3.05) is 44.3 Å². The Morgan fingerprint density at radius 1 is 1.11 bits per heavy atom. The molecule has 0 amide bonds. The maximum Gasteiger partial charge on any atom is 0.194 e. The molecule has 1 aromatic carbocycles. The van der Waals surface area contributed by atoms with Crippen molar-refractivity contribution in [2.24, 2.45) is 0 Å². The summed E-state index contributed by atoms with van der Waals surface area (Å²) >= 11 is 0. The Balaban J connectivity index is 1.33. The van der Waals surface area contributed by atoms with Crippen LogP contribution in [0.2, 0.25) is 0 Å². The van der Waals surface area contributed by atoms with E-state index in [0.717, 1.165) is 79.3 Å². The number of fused-ring (bicyclic) bond motifs is 3. The van der Waals surface area contributed by atoms with E-state index in [0.29, 0.717) is 18.2 Å². The van der Waals surface area contributed by atoms with Gasteiger partial charge in [-0.25, -0.2) is 4.98 Å². The second-order valence-corrected chi connectivity index (χ2v) is 11.0. The molecule has 0 unspecified atom stereocenters. The number of ether oxygens (including phenoxy) is 1. The third kappa shape index (κ3) is 3.60. The fourth-order valence-electron chi connectivity index (χ4n) is 6.76. The zero-order chi connectivity index (χ0) is 25.0. The number of morpholine rings is 1.